The van der Waals surface area contributed by atoms with E-state index in [1.54, 1.807) is 0 Å². The number of amidine groups is 1. The van der Waals surface area contributed by atoms with E-state index in [4.69, 9.17) is 11.1 Å². The Labute approximate surface area is 95.2 Å². The number of hydrogen-bond donors (Lipinski definition) is 2. The minimum absolute atomic E-state index is 0. The van der Waals surface area contributed by atoms with Crippen molar-refractivity contribution in [3.63, 3.8) is 0 Å². The Morgan fingerprint density at radius 1 is 1.43 bits per heavy atom. The highest BCUT2D eigenvalue weighted by Crippen LogP contribution is 2.17. The van der Waals surface area contributed by atoms with Crippen LogP contribution in [-0.4, -0.2) is 5.17 Å². The second-order valence-electron chi connectivity index (χ2n) is 2.37. The third-order valence-corrected chi connectivity index (χ3v) is 2.18. The van der Waals surface area contributed by atoms with E-state index in [1.807, 2.05) is 0 Å². The van der Waals surface area contributed by atoms with Crippen molar-refractivity contribution in [1.82, 2.24) is 0 Å². The summed E-state index contributed by atoms with van der Waals surface area (Å²) < 4.78 is 25.6. The van der Waals surface area contributed by atoms with Gasteiger partial charge in [0.2, 0.25) is 0 Å². The Morgan fingerprint density at radius 2 is 2.07 bits per heavy atom. The lowest BCUT2D eigenvalue weighted by molar-refractivity contribution is 0.502. The highest BCUT2D eigenvalue weighted by atomic mass is 79.9. The summed E-state index contributed by atoms with van der Waals surface area (Å²) in [7, 11) is 0. The van der Waals surface area contributed by atoms with Crippen LogP contribution in [0, 0.1) is 17.0 Å². The summed E-state index contributed by atoms with van der Waals surface area (Å²) >= 11 is 0.962. The number of halogens is 3. The highest BCUT2D eigenvalue weighted by Gasteiger charge is 2.07. The molecule has 0 radical (unpaired) electrons. The molecule has 0 heterocycles. The molecule has 1 aromatic rings. The molecule has 3 N–H and O–H groups in total. The summed E-state index contributed by atoms with van der Waals surface area (Å²) in [5, 5.41) is 6.78. The SMILES string of the molecule is Br.N=C(N)SCc1cccc(F)c1F. The summed E-state index contributed by atoms with van der Waals surface area (Å²) in [6.07, 6.45) is 0. The molecule has 0 spiro atoms. The van der Waals surface area contributed by atoms with E-state index in [0.29, 0.717) is 0 Å². The van der Waals surface area contributed by atoms with E-state index < -0.39 is 11.6 Å². The van der Waals surface area contributed by atoms with E-state index >= 15 is 0 Å². The summed E-state index contributed by atoms with van der Waals surface area (Å²) in [4.78, 5) is 0. The van der Waals surface area contributed by atoms with Gasteiger partial charge in [-0.05, 0) is 6.07 Å². The van der Waals surface area contributed by atoms with E-state index in [1.165, 1.54) is 12.1 Å². The van der Waals surface area contributed by atoms with Crippen molar-refractivity contribution in [3.05, 3.63) is 35.4 Å². The Hall–Kier alpha value is -0.620. The van der Waals surface area contributed by atoms with Crippen molar-refractivity contribution in [2.75, 3.05) is 0 Å². The summed E-state index contributed by atoms with van der Waals surface area (Å²) in [6, 6.07) is 3.94. The fraction of sp³-hybridized carbons (Fsp3) is 0.125. The minimum atomic E-state index is -0.873. The molecule has 6 heteroatoms. The van der Waals surface area contributed by atoms with Crippen molar-refractivity contribution >= 4 is 33.9 Å². The fourth-order valence-corrected chi connectivity index (χ4v) is 1.35. The predicted molar refractivity (Wildman–Crippen MR) is 59.9 cm³/mol. The second kappa shape index (κ2) is 5.98. The largest absolute Gasteiger partial charge is 0.379 e. The summed E-state index contributed by atoms with van der Waals surface area (Å²) in [6.45, 7) is 0. The van der Waals surface area contributed by atoms with Crippen LogP contribution >= 0.6 is 28.7 Å². The van der Waals surface area contributed by atoms with E-state index in [-0.39, 0.29) is 33.5 Å². The summed E-state index contributed by atoms with van der Waals surface area (Å²) in [5.41, 5.74) is 5.28. The third kappa shape index (κ3) is 3.63. The van der Waals surface area contributed by atoms with Crippen LogP contribution in [0.4, 0.5) is 8.78 Å². The first-order valence-corrected chi connectivity index (χ1v) is 4.49. The van der Waals surface area contributed by atoms with Crippen molar-refractivity contribution in [3.8, 4) is 0 Å². The van der Waals surface area contributed by atoms with Crippen LogP contribution in [0.5, 0.6) is 0 Å². The molecule has 0 aliphatic carbocycles. The molecule has 0 aliphatic heterocycles. The average Bonchev–Trinajstić information content (AvgIpc) is 2.07. The normalized spacial score (nSPS) is 9.29. The van der Waals surface area contributed by atoms with Gasteiger partial charge in [0.15, 0.2) is 16.8 Å². The van der Waals surface area contributed by atoms with Crippen LogP contribution in [0.15, 0.2) is 18.2 Å². The number of nitrogens with two attached hydrogens (primary N) is 1. The van der Waals surface area contributed by atoms with Gasteiger partial charge >= 0.3 is 0 Å². The van der Waals surface area contributed by atoms with Crippen molar-refractivity contribution in [2.24, 2.45) is 5.73 Å². The minimum Gasteiger partial charge on any atom is -0.379 e. The molecular weight excluding hydrogens is 274 g/mol. The van der Waals surface area contributed by atoms with Gasteiger partial charge in [-0.1, -0.05) is 23.9 Å². The Kier molecular flexibility index (Phi) is 5.71. The number of rotatable bonds is 2. The average molecular weight is 283 g/mol. The predicted octanol–water partition coefficient (Wildman–Crippen LogP) is 2.67. The fourth-order valence-electron chi connectivity index (χ4n) is 0.815. The maximum Gasteiger partial charge on any atom is 0.162 e. The number of thioether (sulfide) groups is 1. The van der Waals surface area contributed by atoms with Crippen LogP contribution in [0.1, 0.15) is 5.56 Å². The molecule has 78 valence electrons. The standard InChI is InChI=1S/C8H8F2N2S.BrH/c9-6-3-1-2-5(7(6)10)4-13-8(11)12;/h1-3H,4H2,(H3,11,12);1H. The Balaban J connectivity index is 0.00000169. The topological polar surface area (TPSA) is 49.9 Å². The van der Waals surface area contributed by atoms with Crippen LogP contribution in [0.25, 0.3) is 0 Å². The first-order chi connectivity index (χ1) is 6.11. The van der Waals surface area contributed by atoms with E-state index in [9.17, 15) is 8.78 Å². The van der Waals surface area contributed by atoms with Crippen molar-refractivity contribution < 1.29 is 8.78 Å². The molecule has 1 rings (SSSR count). The quantitative estimate of drug-likeness (QED) is 0.647. The Bertz CT molecular complexity index is 333. The molecule has 0 fully saturated rings. The first-order valence-electron chi connectivity index (χ1n) is 3.51. The molecule has 0 amide bonds. The molecule has 0 unspecified atom stereocenters. The first kappa shape index (κ1) is 13.4. The smallest absolute Gasteiger partial charge is 0.162 e. The van der Waals surface area contributed by atoms with Gasteiger partial charge in [-0.25, -0.2) is 8.78 Å². The van der Waals surface area contributed by atoms with Crippen LogP contribution < -0.4 is 5.73 Å². The van der Waals surface area contributed by atoms with Crippen LogP contribution in [0.2, 0.25) is 0 Å². The van der Waals surface area contributed by atoms with Gasteiger partial charge in [0, 0.05) is 11.3 Å². The molecule has 0 saturated heterocycles. The maximum atomic E-state index is 13.0. The molecule has 0 saturated carbocycles. The zero-order valence-corrected chi connectivity index (χ0v) is 9.62. The zero-order chi connectivity index (χ0) is 9.84. The molecule has 2 nitrogen and oxygen atoms in total. The molecule has 1 aromatic carbocycles. The van der Waals surface area contributed by atoms with Gasteiger partial charge in [0.1, 0.15) is 0 Å². The van der Waals surface area contributed by atoms with E-state index in [0.717, 1.165) is 17.8 Å². The summed E-state index contributed by atoms with van der Waals surface area (Å²) in [5.74, 6) is -1.56. The monoisotopic (exact) mass is 282 g/mol. The lowest BCUT2D eigenvalue weighted by atomic mass is 10.2. The van der Waals surface area contributed by atoms with Crippen LogP contribution in [-0.2, 0) is 5.75 Å². The number of benzene rings is 1. The lowest BCUT2D eigenvalue weighted by Crippen LogP contribution is -2.04. The highest BCUT2D eigenvalue weighted by molar-refractivity contribution is 8.93. The molecule has 0 bridgehead atoms. The van der Waals surface area contributed by atoms with Gasteiger partial charge in [-0.2, -0.15) is 0 Å². The van der Waals surface area contributed by atoms with Gasteiger partial charge in [-0.3, -0.25) is 5.41 Å². The third-order valence-electron chi connectivity index (χ3n) is 1.41. The molecule has 14 heavy (non-hydrogen) atoms. The lowest BCUT2D eigenvalue weighted by Gasteiger charge is -2.01. The van der Waals surface area contributed by atoms with Crippen molar-refractivity contribution in [2.45, 2.75) is 5.75 Å². The van der Waals surface area contributed by atoms with E-state index in [2.05, 4.69) is 0 Å². The van der Waals surface area contributed by atoms with Gasteiger partial charge in [0.25, 0.3) is 0 Å². The van der Waals surface area contributed by atoms with Crippen LogP contribution in [0.3, 0.4) is 0 Å². The molecule has 0 aliphatic rings. The number of nitrogens with one attached hydrogen (secondary N) is 1. The Morgan fingerprint density at radius 3 is 2.64 bits per heavy atom. The van der Waals surface area contributed by atoms with Gasteiger partial charge < -0.3 is 5.73 Å². The van der Waals surface area contributed by atoms with Gasteiger partial charge in [-0.15, -0.1) is 17.0 Å². The molecule has 0 atom stereocenters. The maximum absolute atomic E-state index is 13.0. The van der Waals surface area contributed by atoms with Gasteiger partial charge in [0.05, 0.1) is 0 Å². The zero-order valence-electron chi connectivity index (χ0n) is 7.09. The molecular formula is C8H9BrF2N2S. The second-order valence-corrected chi connectivity index (χ2v) is 3.38. The van der Waals surface area contributed by atoms with Crippen molar-refractivity contribution in [1.29, 1.82) is 5.41 Å². The molecule has 0 aromatic heterocycles. The number of hydrogen-bond acceptors (Lipinski definition) is 2.